The van der Waals surface area contributed by atoms with Crippen molar-refractivity contribution in [2.24, 2.45) is 5.73 Å². The van der Waals surface area contributed by atoms with Crippen molar-refractivity contribution in [2.45, 2.75) is 70.1 Å². The summed E-state index contributed by atoms with van der Waals surface area (Å²) < 4.78 is 5.95. The Morgan fingerprint density at radius 1 is 1.35 bits per heavy atom. The van der Waals surface area contributed by atoms with Gasteiger partial charge in [0.2, 0.25) is 0 Å². The fourth-order valence-corrected chi connectivity index (χ4v) is 3.67. The van der Waals surface area contributed by atoms with Crippen LogP contribution in [0.3, 0.4) is 0 Å². The lowest BCUT2D eigenvalue weighted by atomic mass is 9.84. The number of fused-ring (bicyclic) bond motifs is 1. The molecule has 1 saturated heterocycles. The van der Waals surface area contributed by atoms with E-state index in [1.807, 2.05) is 0 Å². The van der Waals surface area contributed by atoms with Gasteiger partial charge in [0, 0.05) is 24.7 Å². The van der Waals surface area contributed by atoms with Crippen LogP contribution in [0, 0.1) is 0 Å². The van der Waals surface area contributed by atoms with Crippen molar-refractivity contribution in [1.82, 2.24) is 4.90 Å². The quantitative estimate of drug-likeness (QED) is 0.818. The lowest BCUT2D eigenvalue weighted by molar-refractivity contribution is -0.123. The number of hydrogen-bond acceptors (Lipinski definition) is 3. The molecule has 100 valence electrons. The summed E-state index contributed by atoms with van der Waals surface area (Å²) in [6.07, 6.45) is 8.11. The standard InChI is InChI=1S/C14H28N2O/c1-3-8-14(2,11-15)16-9-10-17-13-7-5-4-6-12(13)16/h12-13H,3-11,15H2,1-2H3. The fraction of sp³-hybridized carbons (Fsp3) is 1.00. The van der Waals surface area contributed by atoms with E-state index in [2.05, 4.69) is 18.7 Å². The van der Waals surface area contributed by atoms with Gasteiger partial charge in [-0.1, -0.05) is 26.2 Å². The van der Waals surface area contributed by atoms with Crippen LogP contribution in [-0.2, 0) is 4.74 Å². The first-order valence-electron chi connectivity index (χ1n) is 7.29. The van der Waals surface area contributed by atoms with Crippen molar-refractivity contribution >= 4 is 0 Å². The molecule has 1 aliphatic carbocycles. The zero-order chi connectivity index (χ0) is 12.3. The van der Waals surface area contributed by atoms with Crippen LogP contribution >= 0.6 is 0 Å². The molecule has 1 saturated carbocycles. The second-order valence-corrected chi connectivity index (χ2v) is 5.91. The third-order valence-electron chi connectivity index (χ3n) is 4.65. The maximum absolute atomic E-state index is 6.06. The molecule has 2 fully saturated rings. The molecule has 2 aliphatic rings. The van der Waals surface area contributed by atoms with Crippen LogP contribution in [0.1, 0.15) is 52.4 Å². The highest BCUT2D eigenvalue weighted by molar-refractivity contribution is 4.97. The molecule has 3 heteroatoms. The highest BCUT2D eigenvalue weighted by atomic mass is 16.5. The van der Waals surface area contributed by atoms with Gasteiger partial charge in [-0.2, -0.15) is 0 Å². The van der Waals surface area contributed by atoms with Crippen LogP contribution in [0.4, 0.5) is 0 Å². The van der Waals surface area contributed by atoms with E-state index in [0.717, 1.165) is 19.7 Å². The molecule has 1 aliphatic heterocycles. The molecule has 3 nitrogen and oxygen atoms in total. The molecule has 1 heterocycles. The topological polar surface area (TPSA) is 38.5 Å². The Morgan fingerprint density at radius 3 is 2.82 bits per heavy atom. The first-order valence-corrected chi connectivity index (χ1v) is 7.29. The summed E-state index contributed by atoms with van der Waals surface area (Å²) >= 11 is 0. The van der Waals surface area contributed by atoms with E-state index >= 15 is 0 Å². The van der Waals surface area contributed by atoms with Crippen molar-refractivity contribution in [3.05, 3.63) is 0 Å². The molecule has 0 aromatic rings. The first kappa shape index (κ1) is 13.3. The predicted octanol–water partition coefficient (Wildman–Crippen LogP) is 2.15. The average molecular weight is 240 g/mol. The van der Waals surface area contributed by atoms with Crippen LogP contribution in [-0.4, -0.2) is 42.3 Å². The summed E-state index contributed by atoms with van der Waals surface area (Å²) in [4.78, 5) is 2.67. The monoisotopic (exact) mass is 240 g/mol. The Labute approximate surface area is 106 Å². The molecule has 0 bridgehead atoms. The number of hydrogen-bond donors (Lipinski definition) is 1. The van der Waals surface area contributed by atoms with Gasteiger partial charge in [-0.3, -0.25) is 4.90 Å². The second kappa shape index (κ2) is 5.68. The van der Waals surface area contributed by atoms with Gasteiger partial charge in [0.15, 0.2) is 0 Å². The number of nitrogens with two attached hydrogens (primary N) is 1. The Hall–Kier alpha value is -0.120. The molecule has 2 rings (SSSR count). The summed E-state index contributed by atoms with van der Waals surface area (Å²) in [7, 11) is 0. The van der Waals surface area contributed by atoms with E-state index in [1.54, 1.807) is 0 Å². The van der Waals surface area contributed by atoms with Crippen molar-refractivity contribution in [3.8, 4) is 0 Å². The lowest BCUT2D eigenvalue weighted by Gasteiger charge is -2.52. The zero-order valence-electron chi connectivity index (χ0n) is 11.5. The summed E-state index contributed by atoms with van der Waals surface area (Å²) in [5, 5.41) is 0. The van der Waals surface area contributed by atoms with Crippen LogP contribution in [0.25, 0.3) is 0 Å². The largest absolute Gasteiger partial charge is 0.375 e. The zero-order valence-corrected chi connectivity index (χ0v) is 11.5. The van der Waals surface area contributed by atoms with Crippen LogP contribution in [0.15, 0.2) is 0 Å². The lowest BCUT2D eigenvalue weighted by Crippen LogP contribution is -2.63. The minimum absolute atomic E-state index is 0.179. The van der Waals surface area contributed by atoms with Gasteiger partial charge in [0.05, 0.1) is 12.7 Å². The molecule has 0 aromatic carbocycles. The third-order valence-corrected chi connectivity index (χ3v) is 4.65. The van der Waals surface area contributed by atoms with Gasteiger partial charge < -0.3 is 10.5 Å². The minimum Gasteiger partial charge on any atom is -0.375 e. The maximum atomic E-state index is 6.06. The fourth-order valence-electron chi connectivity index (χ4n) is 3.67. The van der Waals surface area contributed by atoms with Gasteiger partial charge in [0.1, 0.15) is 0 Å². The molecule has 0 aromatic heterocycles. The van der Waals surface area contributed by atoms with Crippen LogP contribution in [0.5, 0.6) is 0 Å². The van der Waals surface area contributed by atoms with Crippen molar-refractivity contribution in [2.75, 3.05) is 19.7 Å². The molecular weight excluding hydrogens is 212 g/mol. The van der Waals surface area contributed by atoms with Gasteiger partial charge in [-0.05, 0) is 26.2 Å². The van der Waals surface area contributed by atoms with Crippen molar-refractivity contribution < 1.29 is 4.74 Å². The molecule has 0 radical (unpaired) electrons. The number of morpholine rings is 1. The molecule has 0 spiro atoms. The van der Waals surface area contributed by atoms with E-state index in [9.17, 15) is 0 Å². The highest BCUT2D eigenvalue weighted by Gasteiger charge is 2.41. The molecule has 17 heavy (non-hydrogen) atoms. The van der Waals surface area contributed by atoms with E-state index in [0.29, 0.717) is 12.1 Å². The molecule has 0 amide bonds. The van der Waals surface area contributed by atoms with E-state index in [-0.39, 0.29) is 5.54 Å². The third kappa shape index (κ3) is 2.67. The number of nitrogens with zero attached hydrogens (tertiary/aromatic N) is 1. The average Bonchev–Trinajstić information content (AvgIpc) is 2.38. The smallest absolute Gasteiger partial charge is 0.0731 e. The second-order valence-electron chi connectivity index (χ2n) is 5.91. The van der Waals surface area contributed by atoms with Crippen LogP contribution in [0.2, 0.25) is 0 Å². The predicted molar refractivity (Wildman–Crippen MR) is 71.1 cm³/mol. The van der Waals surface area contributed by atoms with Crippen molar-refractivity contribution in [3.63, 3.8) is 0 Å². The van der Waals surface area contributed by atoms with Gasteiger partial charge in [-0.25, -0.2) is 0 Å². The van der Waals surface area contributed by atoms with E-state index in [4.69, 9.17) is 10.5 Å². The summed E-state index contributed by atoms with van der Waals surface area (Å²) in [6, 6.07) is 0.623. The molecule has 3 atom stereocenters. The van der Waals surface area contributed by atoms with E-state index < -0.39 is 0 Å². The normalized spacial score (nSPS) is 34.1. The summed E-state index contributed by atoms with van der Waals surface area (Å²) in [5.41, 5.74) is 6.24. The van der Waals surface area contributed by atoms with Gasteiger partial charge >= 0.3 is 0 Å². The van der Waals surface area contributed by atoms with Gasteiger partial charge in [-0.15, -0.1) is 0 Å². The molecule has 3 unspecified atom stereocenters. The minimum atomic E-state index is 0.179. The first-order chi connectivity index (χ1) is 8.21. The highest BCUT2D eigenvalue weighted by Crippen LogP contribution is 2.34. The Bertz CT molecular complexity index is 244. The Balaban J connectivity index is 2.11. The van der Waals surface area contributed by atoms with Crippen molar-refractivity contribution in [1.29, 1.82) is 0 Å². The van der Waals surface area contributed by atoms with Gasteiger partial charge in [0.25, 0.3) is 0 Å². The summed E-state index contributed by atoms with van der Waals surface area (Å²) in [5.74, 6) is 0. The number of rotatable bonds is 4. The molecular formula is C14H28N2O. The summed E-state index contributed by atoms with van der Waals surface area (Å²) in [6.45, 7) is 7.32. The Kier molecular flexibility index (Phi) is 4.45. The van der Waals surface area contributed by atoms with E-state index in [1.165, 1.54) is 38.5 Å². The van der Waals surface area contributed by atoms with Crippen LogP contribution < -0.4 is 5.73 Å². The SMILES string of the molecule is CCCC(C)(CN)N1CCOC2CCCCC21. The Morgan fingerprint density at radius 2 is 2.12 bits per heavy atom. The number of ether oxygens (including phenoxy) is 1. The molecule has 2 N–H and O–H groups in total. The maximum Gasteiger partial charge on any atom is 0.0731 e.